The molecule has 0 amide bonds. The van der Waals surface area contributed by atoms with Crippen molar-refractivity contribution in [2.24, 2.45) is 0 Å². The second-order valence-electron chi connectivity index (χ2n) is 3.76. The lowest BCUT2D eigenvalue weighted by molar-refractivity contribution is 0.273. The van der Waals surface area contributed by atoms with E-state index in [2.05, 4.69) is 6.58 Å². The van der Waals surface area contributed by atoms with E-state index in [1.165, 1.54) is 0 Å². The lowest BCUT2D eigenvalue weighted by atomic mass is 10.2. The first-order chi connectivity index (χ1) is 7.86. The molecule has 2 heteroatoms. The minimum absolute atomic E-state index is 0.294. The number of aliphatic hydroxyl groups excluding tert-OH is 1. The topological polar surface area (TPSA) is 29.5 Å². The summed E-state index contributed by atoms with van der Waals surface area (Å²) in [7, 11) is 0. The van der Waals surface area contributed by atoms with E-state index in [-0.39, 0.29) is 0 Å². The number of unbranched alkanes of at least 4 members (excludes halogenated alkanes) is 3. The number of aliphatic hydroxyl groups is 1. The predicted octanol–water partition coefficient (Wildman–Crippen LogP) is 3.26. The molecule has 0 spiro atoms. The van der Waals surface area contributed by atoms with Crippen LogP contribution in [-0.2, 0) is 0 Å². The van der Waals surface area contributed by atoms with Gasteiger partial charge in [0.15, 0.2) is 0 Å². The van der Waals surface area contributed by atoms with Gasteiger partial charge in [0.25, 0.3) is 0 Å². The van der Waals surface area contributed by atoms with Gasteiger partial charge in [-0.05, 0) is 37.0 Å². The zero-order valence-corrected chi connectivity index (χ0v) is 9.69. The van der Waals surface area contributed by atoms with Crippen molar-refractivity contribution in [1.82, 2.24) is 0 Å². The van der Waals surface area contributed by atoms with Gasteiger partial charge >= 0.3 is 0 Å². The molecule has 0 saturated carbocycles. The van der Waals surface area contributed by atoms with Crippen LogP contribution in [0.15, 0.2) is 30.8 Å². The highest BCUT2D eigenvalue weighted by molar-refractivity contribution is 5.49. The van der Waals surface area contributed by atoms with Crippen molar-refractivity contribution in [3.63, 3.8) is 0 Å². The average Bonchev–Trinajstić information content (AvgIpc) is 2.34. The molecule has 16 heavy (non-hydrogen) atoms. The van der Waals surface area contributed by atoms with E-state index in [0.717, 1.165) is 43.6 Å². The molecule has 1 aromatic rings. The van der Waals surface area contributed by atoms with E-state index >= 15 is 0 Å². The maximum Gasteiger partial charge on any atom is 0.119 e. The Morgan fingerprint density at radius 2 is 2.00 bits per heavy atom. The maximum atomic E-state index is 8.62. The van der Waals surface area contributed by atoms with E-state index in [4.69, 9.17) is 9.84 Å². The third kappa shape index (κ3) is 4.99. The van der Waals surface area contributed by atoms with Gasteiger partial charge in [-0.1, -0.05) is 31.2 Å². The summed E-state index contributed by atoms with van der Waals surface area (Å²) in [5.74, 6) is 0.902. The van der Waals surface area contributed by atoms with Gasteiger partial charge in [-0.2, -0.15) is 0 Å². The van der Waals surface area contributed by atoms with Crippen LogP contribution in [-0.4, -0.2) is 18.3 Å². The Hall–Kier alpha value is -1.28. The van der Waals surface area contributed by atoms with Crippen LogP contribution in [0.1, 0.15) is 31.2 Å². The molecule has 0 aliphatic rings. The first kappa shape index (κ1) is 12.8. The van der Waals surface area contributed by atoms with Crippen molar-refractivity contribution in [2.75, 3.05) is 13.2 Å². The average molecular weight is 220 g/mol. The monoisotopic (exact) mass is 220 g/mol. The largest absolute Gasteiger partial charge is 0.494 e. The summed E-state index contributed by atoms with van der Waals surface area (Å²) in [5, 5.41) is 8.62. The van der Waals surface area contributed by atoms with Gasteiger partial charge in [-0.25, -0.2) is 0 Å². The van der Waals surface area contributed by atoms with Crippen molar-refractivity contribution in [3.05, 3.63) is 36.4 Å². The maximum absolute atomic E-state index is 8.62. The molecule has 0 saturated heterocycles. The molecule has 2 nitrogen and oxygen atoms in total. The van der Waals surface area contributed by atoms with Gasteiger partial charge in [0, 0.05) is 6.61 Å². The Morgan fingerprint density at radius 1 is 1.19 bits per heavy atom. The third-order valence-electron chi connectivity index (χ3n) is 2.41. The highest BCUT2D eigenvalue weighted by Crippen LogP contribution is 2.14. The van der Waals surface area contributed by atoms with E-state index in [9.17, 15) is 0 Å². The van der Waals surface area contributed by atoms with Crippen molar-refractivity contribution >= 4 is 6.08 Å². The molecule has 1 rings (SSSR count). The third-order valence-corrected chi connectivity index (χ3v) is 2.41. The SMILES string of the molecule is C=Cc1cccc(OCCCCCCO)c1. The Bertz CT molecular complexity index is 307. The second kappa shape index (κ2) is 7.94. The van der Waals surface area contributed by atoms with E-state index < -0.39 is 0 Å². The van der Waals surface area contributed by atoms with E-state index in [1.54, 1.807) is 0 Å². The number of rotatable bonds is 8. The van der Waals surface area contributed by atoms with Gasteiger partial charge in [-0.3, -0.25) is 0 Å². The van der Waals surface area contributed by atoms with Crippen molar-refractivity contribution in [1.29, 1.82) is 0 Å². The molecule has 1 N–H and O–H groups in total. The number of ether oxygens (including phenoxy) is 1. The van der Waals surface area contributed by atoms with Gasteiger partial charge < -0.3 is 9.84 Å². The minimum atomic E-state index is 0.294. The lowest BCUT2D eigenvalue weighted by Crippen LogP contribution is -1.97. The van der Waals surface area contributed by atoms with Gasteiger partial charge in [-0.15, -0.1) is 0 Å². The molecule has 0 atom stereocenters. The minimum Gasteiger partial charge on any atom is -0.494 e. The fourth-order valence-electron chi connectivity index (χ4n) is 1.49. The van der Waals surface area contributed by atoms with Crippen LogP contribution in [0.4, 0.5) is 0 Å². The summed E-state index contributed by atoms with van der Waals surface area (Å²) in [6.07, 6.45) is 5.94. The van der Waals surface area contributed by atoms with Crippen LogP contribution in [0.2, 0.25) is 0 Å². The molecule has 0 aromatic heterocycles. The Labute approximate surface area is 97.6 Å². The summed E-state index contributed by atoms with van der Waals surface area (Å²) in [5.41, 5.74) is 1.08. The van der Waals surface area contributed by atoms with E-state index in [0.29, 0.717) is 6.61 Å². The van der Waals surface area contributed by atoms with Crippen molar-refractivity contribution in [3.8, 4) is 5.75 Å². The number of benzene rings is 1. The van der Waals surface area contributed by atoms with Gasteiger partial charge in [0.2, 0.25) is 0 Å². The molecule has 0 radical (unpaired) electrons. The molecule has 0 fully saturated rings. The fourth-order valence-corrected chi connectivity index (χ4v) is 1.49. The predicted molar refractivity (Wildman–Crippen MR) is 67.6 cm³/mol. The van der Waals surface area contributed by atoms with Crippen molar-refractivity contribution in [2.45, 2.75) is 25.7 Å². The molecular weight excluding hydrogens is 200 g/mol. The first-order valence-corrected chi connectivity index (χ1v) is 5.83. The normalized spacial score (nSPS) is 10.1. The van der Waals surface area contributed by atoms with Gasteiger partial charge in [0.05, 0.1) is 6.61 Å². The van der Waals surface area contributed by atoms with Crippen LogP contribution < -0.4 is 4.74 Å². The zero-order chi connectivity index (χ0) is 11.6. The summed E-state index contributed by atoms with van der Waals surface area (Å²) >= 11 is 0. The van der Waals surface area contributed by atoms with Crippen LogP contribution in [0, 0.1) is 0 Å². The summed E-state index contributed by atoms with van der Waals surface area (Å²) < 4.78 is 5.62. The Balaban J connectivity index is 2.18. The van der Waals surface area contributed by atoms with Crippen molar-refractivity contribution < 1.29 is 9.84 Å². The molecule has 0 aliphatic heterocycles. The van der Waals surface area contributed by atoms with E-state index in [1.807, 2.05) is 30.3 Å². The Morgan fingerprint density at radius 3 is 2.75 bits per heavy atom. The molecule has 0 aliphatic carbocycles. The van der Waals surface area contributed by atoms with Gasteiger partial charge in [0.1, 0.15) is 5.75 Å². The standard InChI is InChI=1S/C14H20O2/c1-2-13-8-7-9-14(12-13)16-11-6-4-3-5-10-15/h2,7-9,12,15H,1,3-6,10-11H2. The van der Waals surface area contributed by atoms with Crippen LogP contribution in [0.25, 0.3) is 6.08 Å². The first-order valence-electron chi connectivity index (χ1n) is 5.83. The molecule has 88 valence electrons. The van der Waals surface area contributed by atoms with Crippen LogP contribution >= 0.6 is 0 Å². The zero-order valence-electron chi connectivity index (χ0n) is 9.69. The second-order valence-corrected chi connectivity index (χ2v) is 3.76. The highest BCUT2D eigenvalue weighted by atomic mass is 16.5. The summed E-state index contributed by atoms with van der Waals surface area (Å²) in [4.78, 5) is 0. The molecule has 0 heterocycles. The fraction of sp³-hybridized carbons (Fsp3) is 0.429. The van der Waals surface area contributed by atoms with Crippen LogP contribution in [0.5, 0.6) is 5.75 Å². The highest BCUT2D eigenvalue weighted by Gasteiger charge is 1.94. The molecule has 0 unspecified atom stereocenters. The number of hydrogen-bond acceptors (Lipinski definition) is 2. The summed E-state index contributed by atoms with van der Waals surface area (Å²) in [6.45, 7) is 4.76. The quantitative estimate of drug-likeness (QED) is 0.681. The van der Waals surface area contributed by atoms with Crippen LogP contribution in [0.3, 0.4) is 0 Å². The molecular formula is C14H20O2. The number of hydrogen-bond donors (Lipinski definition) is 1. The Kier molecular flexibility index (Phi) is 6.35. The smallest absolute Gasteiger partial charge is 0.119 e. The molecule has 0 bridgehead atoms. The lowest BCUT2D eigenvalue weighted by Gasteiger charge is -2.06. The summed E-state index contributed by atoms with van der Waals surface area (Å²) in [6, 6.07) is 7.92. The molecule has 1 aromatic carbocycles.